The monoisotopic (exact) mass is 576 g/mol. The highest BCUT2D eigenvalue weighted by Crippen LogP contribution is 2.32. The van der Waals surface area contributed by atoms with Gasteiger partial charge in [-0.1, -0.05) is 24.8 Å². The van der Waals surface area contributed by atoms with Crippen LogP contribution in [0.3, 0.4) is 0 Å². The fourth-order valence-corrected chi connectivity index (χ4v) is 4.25. The normalized spacial score (nSPS) is 14.0. The summed E-state index contributed by atoms with van der Waals surface area (Å²) in [6, 6.07) is 5.98. The number of amides is 1. The molecular weight excluding hydrogens is 536 g/mol. The molecule has 0 bridgehead atoms. The van der Waals surface area contributed by atoms with Gasteiger partial charge in [0.1, 0.15) is 5.82 Å². The van der Waals surface area contributed by atoms with Crippen LogP contribution in [0.5, 0.6) is 0 Å². The summed E-state index contributed by atoms with van der Waals surface area (Å²) in [7, 11) is 1.87. The molecular formula is C30H40N8O2S. The SMILES string of the molecule is C=C(C)C=N/C=C(C)/C=C/c1nc(-c2cccc3[nH]ncc23)nc(N2CCOCC2)c1S.CCN(C=O)CCNC. The van der Waals surface area contributed by atoms with Gasteiger partial charge in [-0.25, -0.2) is 9.97 Å². The van der Waals surface area contributed by atoms with Crippen LogP contribution in [-0.2, 0) is 9.53 Å². The first-order valence-electron chi connectivity index (χ1n) is 13.6. The van der Waals surface area contributed by atoms with E-state index in [1.807, 2.05) is 58.2 Å². The summed E-state index contributed by atoms with van der Waals surface area (Å²) in [4.78, 5) is 28.8. The summed E-state index contributed by atoms with van der Waals surface area (Å²) in [5, 5.41) is 11.1. The highest BCUT2D eigenvalue weighted by molar-refractivity contribution is 7.80. The molecule has 41 heavy (non-hydrogen) atoms. The molecule has 0 aliphatic carbocycles. The summed E-state index contributed by atoms with van der Waals surface area (Å²) < 4.78 is 5.52. The summed E-state index contributed by atoms with van der Waals surface area (Å²) >= 11 is 4.80. The van der Waals surface area contributed by atoms with E-state index in [2.05, 4.69) is 32.0 Å². The third-order valence-corrected chi connectivity index (χ3v) is 6.64. The average molecular weight is 577 g/mol. The van der Waals surface area contributed by atoms with Gasteiger partial charge in [0.25, 0.3) is 0 Å². The van der Waals surface area contributed by atoms with Crippen molar-refractivity contribution in [1.29, 1.82) is 0 Å². The fraction of sp³-hybridized carbons (Fsp3) is 0.367. The first kappa shape index (κ1) is 31.7. The number of carbonyl (C=O) groups excluding carboxylic acids is 1. The van der Waals surface area contributed by atoms with E-state index in [1.165, 1.54) is 0 Å². The Labute approximate surface area is 247 Å². The van der Waals surface area contributed by atoms with Crippen molar-refractivity contribution in [2.45, 2.75) is 25.7 Å². The van der Waals surface area contributed by atoms with Gasteiger partial charge in [0.05, 0.1) is 35.5 Å². The Bertz CT molecular complexity index is 1390. The van der Waals surface area contributed by atoms with Gasteiger partial charge in [0.15, 0.2) is 5.82 Å². The molecule has 1 aliphatic rings. The van der Waals surface area contributed by atoms with Gasteiger partial charge in [0, 0.05) is 56.1 Å². The number of aromatic nitrogens is 4. The van der Waals surface area contributed by atoms with Crippen molar-refractivity contribution in [3.05, 3.63) is 60.1 Å². The minimum atomic E-state index is 0.637. The standard InChI is InChI=1S/C24H26N6OS.C6H14N2O/c1-16(2)13-25-14-17(3)7-8-21-22(32)24(30-9-11-31-12-10-30)28-23(27-21)18-5-4-6-20-19(18)15-26-29-20;1-3-8(6-9)5-4-7-2/h4-8,13-15,32H,1,9-12H2,2-3H3,(H,26,29);6-7H,3-5H2,1-2H3/b8-7+,17-14+,25-13?;. The van der Waals surface area contributed by atoms with Crippen LogP contribution < -0.4 is 10.2 Å². The molecule has 1 amide bonds. The van der Waals surface area contributed by atoms with Crippen molar-refractivity contribution < 1.29 is 9.53 Å². The average Bonchev–Trinajstić information content (AvgIpc) is 3.47. The molecule has 0 atom stereocenters. The van der Waals surface area contributed by atoms with Crippen molar-refractivity contribution in [3.8, 4) is 11.4 Å². The number of likely N-dealkylation sites (N-methyl/N-ethyl adjacent to an activating group) is 2. The maximum Gasteiger partial charge on any atom is 0.209 e. The summed E-state index contributed by atoms with van der Waals surface area (Å²) in [6.07, 6.45) is 10.1. The lowest BCUT2D eigenvalue weighted by atomic mass is 10.1. The van der Waals surface area contributed by atoms with Crippen LogP contribution in [0.4, 0.5) is 5.82 Å². The number of carbonyl (C=O) groups is 1. The number of benzene rings is 1. The van der Waals surface area contributed by atoms with Gasteiger partial charge < -0.3 is 19.9 Å². The zero-order chi connectivity index (χ0) is 29.6. The molecule has 3 aromatic rings. The number of aromatic amines is 1. The van der Waals surface area contributed by atoms with Gasteiger partial charge in [-0.3, -0.25) is 14.9 Å². The van der Waals surface area contributed by atoms with Crippen LogP contribution in [0.2, 0.25) is 0 Å². The Morgan fingerprint density at radius 1 is 1.29 bits per heavy atom. The number of nitrogens with zero attached hydrogens (tertiary/aromatic N) is 6. The van der Waals surface area contributed by atoms with E-state index in [1.54, 1.807) is 23.5 Å². The molecule has 1 fully saturated rings. The number of H-pyrrole nitrogens is 1. The Morgan fingerprint density at radius 2 is 2.07 bits per heavy atom. The van der Waals surface area contributed by atoms with E-state index in [9.17, 15) is 4.79 Å². The largest absolute Gasteiger partial charge is 0.378 e. The Kier molecular flexibility index (Phi) is 12.7. The number of nitrogens with one attached hydrogen (secondary N) is 2. The Morgan fingerprint density at radius 3 is 2.76 bits per heavy atom. The third kappa shape index (κ3) is 9.38. The lowest BCUT2D eigenvalue weighted by Gasteiger charge is -2.29. The third-order valence-electron chi connectivity index (χ3n) is 6.21. The molecule has 1 aliphatic heterocycles. The lowest BCUT2D eigenvalue weighted by molar-refractivity contribution is -0.117. The second-order valence-electron chi connectivity index (χ2n) is 9.51. The molecule has 2 N–H and O–H groups in total. The van der Waals surface area contributed by atoms with E-state index in [-0.39, 0.29) is 0 Å². The number of aliphatic imine (C=N–C) groups is 1. The number of allylic oxidation sites excluding steroid dienone is 3. The van der Waals surface area contributed by atoms with Gasteiger partial charge in [0.2, 0.25) is 6.41 Å². The predicted octanol–water partition coefficient (Wildman–Crippen LogP) is 4.39. The molecule has 1 aromatic carbocycles. The number of fused-ring (bicyclic) bond motifs is 1. The van der Waals surface area contributed by atoms with Crippen molar-refractivity contribution in [2.24, 2.45) is 4.99 Å². The molecule has 218 valence electrons. The van der Waals surface area contributed by atoms with E-state index >= 15 is 0 Å². The number of thiol groups is 1. The maximum atomic E-state index is 10.1. The molecule has 10 nitrogen and oxygen atoms in total. The van der Waals surface area contributed by atoms with Gasteiger partial charge >= 0.3 is 0 Å². The summed E-state index contributed by atoms with van der Waals surface area (Å²) in [6.45, 7) is 15.0. The number of hydrogen-bond donors (Lipinski definition) is 3. The zero-order valence-electron chi connectivity index (χ0n) is 24.3. The van der Waals surface area contributed by atoms with E-state index in [0.717, 1.165) is 83.2 Å². The van der Waals surface area contributed by atoms with Crippen LogP contribution in [0, 0.1) is 0 Å². The molecule has 0 radical (unpaired) electrons. The van der Waals surface area contributed by atoms with Crippen molar-refractivity contribution in [2.75, 3.05) is 57.9 Å². The van der Waals surface area contributed by atoms with E-state index < -0.39 is 0 Å². The topological polar surface area (TPSA) is 112 Å². The second-order valence-corrected chi connectivity index (χ2v) is 9.96. The second kappa shape index (κ2) is 16.5. The minimum Gasteiger partial charge on any atom is -0.378 e. The van der Waals surface area contributed by atoms with Gasteiger partial charge in [-0.05, 0) is 51.1 Å². The molecule has 0 spiro atoms. The Balaban J connectivity index is 0.000000445. The minimum absolute atomic E-state index is 0.637. The molecule has 11 heteroatoms. The molecule has 3 heterocycles. The molecule has 1 saturated heterocycles. The molecule has 4 rings (SSSR count). The molecule has 0 unspecified atom stereocenters. The summed E-state index contributed by atoms with van der Waals surface area (Å²) in [5.41, 5.74) is 4.50. The maximum absolute atomic E-state index is 10.1. The number of rotatable bonds is 11. The first-order valence-corrected chi connectivity index (χ1v) is 14.1. The van der Waals surface area contributed by atoms with Crippen LogP contribution in [0.25, 0.3) is 28.4 Å². The lowest BCUT2D eigenvalue weighted by Crippen LogP contribution is -2.37. The quantitative estimate of drug-likeness (QED) is 0.134. The van der Waals surface area contributed by atoms with Crippen LogP contribution >= 0.6 is 12.6 Å². The highest BCUT2D eigenvalue weighted by Gasteiger charge is 2.20. The number of ether oxygens (including phenoxy) is 1. The number of morpholine rings is 1. The first-order chi connectivity index (χ1) is 19.9. The summed E-state index contributed by atoms with van der Waals surface area (Å²) in [5.74, 6) is 1.45. The van der Waals surface area contributed by atoms with Crippen LogP contribution in [0.1, 0.15) is 26.5 Å². The number of hydrogen-bond acceptors (Lipinski definition) is 9. The highest BCUT2D eigenvalue weighted by atomic mass is 32.1. The number of anilines is 1. The Hall–Kier alpha value is -3.80. The predicted molar refractivity (Wildman–Crippen MR) is 171 cm³/mol. The van der Waals surface area contributed by atoms with Crippen LogP contribution in [0.15, 0.2) is 64.3 Å². The van der Waals surface area contributed by atoms with Crippen LogP contribution in [-0.4, -0.2) is 90.7 Å². The smallest absolute Gasteiger partial charge is 0.209 e. The van der Waals surface area contributed by atoms with E-state index in [4.69, 9.17) is 27.3 Å². The van der Waals surface area contributed by atoms with Gasteiger partial charge in [-0.2, -0.15) is 5.10 Å². The molecule has 2 aromatic heterocycles. The van der Waals surface area contributed by atoms with Crippen molar-refractivity contribution >= 4 is 48.1 Å². The zero-order valence-corrected chi connectivity index (χ0v) is 25.2. The van der Waals surface area contributed by atoms with Gasteiger partial charge in [-0.15, -0.1) is 12.6 Å². The van der Waals surface area contributed by atoms with Crippen molar-refractivity contribution in [1.82, 2.24) is 30.4 Å². The van der Waals surface area contributed by atoms with Crippen molar-refractivity contribution in [3.63, 3.8) is 0 Å². The molecule has 0 saturated carbocycles. The fourth-order valence-electron chi connectivity index (χ4n) is 3.93. The van der Waals surface area contributed by atoms with E-state index in [0.29, 0.717) is 19.0 Å².